The fraction of sp³-hybridized carbons (Fsp3) is 0.450. The van der Waals surface area contributed by atoms with E-state index in [-0.39, 0.29) is 12.0 Å². The lowest BCUT2D eigenvalue weighted by Crippen LogP contribution is -2.36. The van der Waals surface area contributed by atoms with Gasteiger partial charge in [-0.2, -0.15) is 0 Å². The maximum Gasteiger partial charge on any atom is 0.264 e. The lowest BCUT2D eigenvalue weighted by Gasteiger charge is -2.26. The lowest BCUT2D eigenvalue weighted by molar-refractivity contribution is 0.0510. The first kappa shape index (κ1) is 18.0. The van der Waals surface area contributed by atoms with Crippen molar-refractivity contribution in [1.82, 2.24) is 4.90 Å². The van der Waals surface area contributed by atoms with Crippen molar-refractivity contribution >= 4 is 22.9 Å². The molecule has 1 fully saturated rings. The van der Waals surface area contributed by atoms with Crippen LogP contribution in [0.25, 0.3) is 0 Å². The molecule has 4 nitrogen and oxygen atoms in total. The second-order valence-electron chi connectivity index (χ2n) is 6.81. The normalized spacial score (nSPS) is 16.8. The molecule has 2 heterocycles. The van der Waals surface area contributed by atoms with Crippen LogP contribution >= 0.6 is 11.3 Å². The highest BCUT2D eigenvalue weighted by Crippen LogP contribution is 2.22. The molecular weight excluding hydrogens is 332 g/mol. The van der Waals surface area contributed by atoms with Gasteiger partial charge in [0, 0.05) is 39.5 Å². The molecule has 2 aromatic rings. The largest absolute Gasteiger partial charge is 0.378 e. The number of thiophene rings is 1. The van der Waals surface area contributed by atoms with Gasteiger partial charge in [0.25, 0.3) is 5.91 Å². The molecule has 1 aliphatic rings. The van der Waals surface area contributed by atoms with Gasteiger partial charge in [-0.25, -0.2) is 0 Å². The molecule has 0 spiro atoms. The third kappa shape index (κ3) is 4.41. The molecule has 1 saturated heterocycles. The van der Waals surface area contributed by atoms with Gasteiger partial charge in [0.05, 0.1) is 11.0 Å². The molecule has 0 unspecified atom stereocenters. The van der Waals surface area contributed by atoms with Crippen molar-refractivity contribution in [2.75, 3.05) is 32.1 Å². The number of rotatable bonds is 6. The molecule has 1 aromatic heterocycles. The summed E-state index contributed by atoms with van der Waals surface area (Å²) >= 11 is 1.52. The van der Waals surface area contributed by atoms with E-state index in [4.69, 9.17) is 4.74 Å². The van der Waals surface area contributed by atoms with Crippen LogP contribution in [0.5, 0.6) is 0 Å². The summed E-state index contributed by atoms with van der Waals surface area (Å²) in [5, 5.41) is 1.98. The molecule has 0 radical (unpaired) electrons. The highest BCUT2D eigenvalue weighted by Gasteiger charge is 2.25. The third-order valence-electron chi connectivity index (χ3n) is 4.62. The lowest BCUT2D eigenvalue weighted by atomic mass is 10.1. The minimum atomic E-state index is 0.111. The van der Waals surface area contributed by atoms with E-state index in [0.29, 0.717) is 13.1 Å². The van der Waals surface area contributed by atoms with E-state index >= 15 is 0 Å². The average molecular weight is 359 g/mol. The predicted octanol–water partition coefficient (Wildman–Crippen LogP) is 3.94. The number of hydrogen-bond donors (Lipinski definition) is 0. The molecule has 1 amide bonds. The topological polar surface area (TPSA) is 32.8 Å². The van der Waals surface area contributed by atoms with Gasteiger partial charge in [-0.15, -0.1) is 11.3 Å². The number of carbonyl (C=O) groups is 1. The van der Waals surface area contributed by atoms with Crippen LogP contribution in [0.15, 0.2) is 35.7 Å². The van der Waals surface area contributed by atoms with Crippen molar-refractivity contribution in [3.63, 3.8) is 0 Å². The van der Waals surface area contributed by atoms with Gasteiger partial charge >= 0.3 is 0 Å². The van der Waals surface area contributed by atoms with Gasteiger partial charge in [0.15, 0.2) is 0 Å². The first-order chi connectivity index (χ1) is 12.0. The van der Waals surface area contributed by atoms with Gasteiger partial charge in [0.2, 0.25) is 0 Å². The van der Waals surface area contributed by atoms with Crippen LogP contribution in [0.3, 0.4) is 0 Å². The van der Waals surface area contributed by atoms with Crippen LogP contribution in [0.1, 0.15) is 33.6 Å². The maximum absolute atomic E-state index is 13.1. The number of carbonyl (C=O) groups excluding carboxylic acids is 1. The number of hydrogen-bond acceptors (Lipinski definition) is 4. The molecule has 134 valence electrons. The Morgan fingerprint density at radius 1 is 1.24 bits per heavy atom. The number of nitrogens with zero attached hydrogens (tertiary/aromatic N) is 2. The summed E-state index contributed by atoms with van der Waals surface area (Å²) in [6.07, 6.45) is 2.28. The minimum absolute atomic E-state index is 0.111. The molecule has 0 N–H and O–H groups in total. The standard InChI is InChI=1S/C20H26N2O2S/c1-15-10-12-25-19(15)20(23)22(14-18-5-4-11-24-18)13-16-6-8-17(9-7-16)21(2)3/h6-10,12,18H,4-5,11,13-14H2,1-3H3/t18-/m1/s1. The average Bonchev–Trinajstić information content (AvgIpc) is 3.25. The second kappa shape index (κ2) is 8.02. The SMILES string of the molecule is Cc1ccsc1C(=O)N(Cc1ccc(N(C)C)cc1)C[C@H]1CCCO1. The molecule has 1 aromatic carbocycles. The van der Waals surface area contributed by atoms with Gasteiger partial charge in [0.1, 0.15) is 0 Å². The summed E-state index contributed by atoms with van der Waals surface area (Å²) in [5.41, 5.74) is 3.36. The fourth-order valence-electron chi connectivity index (χ4n) is 3.11. The van der Waals surface area contributed by atoms with Crippen molar-refractivity contribution in [1.29, 1.82) is 0 Å². The van der Waals surface area contributed by atoms with Crippen LogP contribution in [0.4, 0.5) is 5.69 Å². The Labute approximate surface area is 154 Å². The van der Waals surface area contributed by atoms with Crippen LogP contribution in [0.2, 0.25) is 0 Å². The maximum atomic E-state index is 13.1. The van der Waals surface area contributed by atoms with Crippen LogP contribution < -0.4 is 4.90 Å². The van der Waals surface area contributed by atoms with Gasteiger partial charge in [-0.1, -0.05) is 12.1 Å². The molecule has 0 aliphatic carbocycles. The van der Waals surface area contributed by atoms with Gasteiger partial charge in [-0.05, 0) is 54.5 Å². The Morgan fingerprint density at radius 2 is 2.00 bits per heavy atom. The molecule has 3 rings (SSSR count). The zero-order valence-electron chi connectivity index (χ0n) is 15.2. The number of anilines is 1. The van der Waals surface area contributed by atoms with E-state index in [1.165, 1.54) is 11.3 Å². The smallest absolute Gasteiger partial charge is 0.264 e. The van der Waals surface area contributed by atoms with Crippen LogP contribution in [-0.4, -0.2) is 44.2 Å². The monoisotopic (exact) mass is 358 g/mol. The highest BCUT2D eigenvalue weighted by molar-refractivity contribution is 7.12. The van der Waals surface area contributed by atoms with Crippen LogP contribution in [0, 0.1) is 6.92 Å². The third-order valence-corrected chi connectivity index (χ3v) is 5.62. The fourth-order valence-corrected chi connectivity index (χ4v) is 4.00. The Balaban J connectivity index is 1.77. The highest BCUT2D eigenvalue weighted by atomic mass is 32.1. The Hall–Kier alpha value is -1.85. The molecule has 0 bridgehead atoms. The zero-order chi connectivity index (χ0) is 17.8. The van der Waals surface area contributed by atoms with E-state index in [0.717, 1.165) is 41.1 Å². The predicted molar refractivity (Wildman–Crippen MR) is 104 cm³/mol. The Bertz CT molecular complexity index is 703. The van der Waals surface area contributed by atoms with E-state index in [9.17, 15) is 4.79 Å². The molecule has 25 heavy (non-hydrogen) atoms. The molecule has 1 aliphatic heterocycles. The van der Waals surface area contributed by atoms with Gasteiger partial charge in [-0.3, -0.25) is 4.79 Å². The summed E-state index contributed by atoms with van der Waals surface area (Å²) in [6, 6.07) is 10.4. The Morgan fingerprint density at radius 3 is 2.56 bits per heavy atom. The summed E-state index contributed by atoms with van der Waals surface area (Å²) < 4.78 is 5.77. The second-order valence-corrected chi connectivity index (χ2v) is 7.73. The molecule has 0 saturated carbocycles. The summed E-state index contributed by atoms with van der Waals surface area (Å²) in [6.45, 7) is 4.08. The first-order valence-corrected chi connectivity index (χ1v) is 9.64. The van der Waals surface area contributed by atoms with E-state index in [1.807, 2.05) is 37.4 Å². The van der Waals surface area contributed by atoms with E-state index in [1.54, 1.807) is 0 Å². The van der Waals surface area contributed by atoms with Crippen LogP contribution in [-0.2, 0) is 11.3 Å². The van der Waals surface area contributed by atoms with Gasteiger partial charge < -0.3 is 14.5 Å². The Kier molecular flexibility index (Phi) is 5.76. The summed E-state index contributed by atoms with van der Waals surface area (Å²) in [4.78, 5) is 17.9. The number of amides is 1. The summed E-state index contributed by atoms with van der Waals surface area (Å²) in [7, 11) is 4.06. The summed E-state index contributed by atoms with van der Waals surface area (Å²) in [5.74, 6) is 0.111. The number of benzene rings is 1. The van der Waals surface area contributed by atoms with Crippen molar-refractivity contribution in [2.45, 2.75) is 32.4 Å². The van der Waals surface area contributed by atoms with Crippen molar-refractivity contribution in [3.05, 3.63) is 51.7 Å². The minimum Gasteiger partial charge on any atom is -0.378 e. The molecular formula is C20H26N2O2S. The van der Waals surface area contributed by atoms with E-state index < -0.39 is 0 Å². The molecule has 5 heteroatoms. The number of ether oxygens (including phenoxy) is 1. The molecule has 1 atom stereocenters. The first-order valence-electron chi connectivity index (χ1n) is 8.76. The van der Waals surface area contributed by atoms with Crippen molar-refractivity contribution in [2.24, 2.45) is 0 Å². The van der Waals surface area contributed by atoms with E-state index in [2.05, 4.69) is 29.2 Å². The van der Waals surface area contributed by atoms with Crippen molar-refractivity contribution in [3.8, 4) is 0 Å². The van der Waals surface area contributed by atoms with Crippen molar-refractivity contribution < 1.29 is 9.53 Å². The zero-order valence-corrected chi connectivity index (χ0v) is 16.0. The number of aryl methyl sites for hydroxylation is 1. The quantitative estimate of drug-likeness (QED) is 0.784.